The second-order valence-corrected chi connectivity index (χ2v) is 6.60. The molecule has 5 heteroatoms. The van der Waals surface area contributed by atoms with E-state index in [9.17, 15) is 0 Å². The molecule has 0 aliphatic carbocycles. The zero-order valence-electron chi connectivity index (χ0n) is 16.2. The Kier molecular flexibility index (Phi) is 7.11. The van der Waals surface area contributed by atoms with Crippen molar-refractivity contribution in [2.75, 3.05) is 26.7 Å². The average Bonchev–Trinajstić information content (AvgIpc) is 2.72. The summed E-state index contributed by atoms with van der Waals surface area (Å²) in [5.74, 6) is 2.64. The quantitative estimate of drug-likeness (QED) is 0.618. The van der Waals surface area contributed by atoms with Crippen molar-refractivity contribution in [2.45, 2.75) is 32.4 Å². The molecule has 2 aromatic carbocycles. The van der Waals surface area contributed by atoms with Crippen molar-refractivity contribution in [3.05, 3.63) is 60.2 Å². The molecule has 1 aliphatic heterocycles. The second-order valence-electron chi connectivity index (χ2n) is 6.60. The van der Waals surface area contributed by atoms with Crippen LogP contribution in [0, 0.1) is 0 Å². The minimum absolute atomic E-state index is 0.390. The molecule has 3 rings (SSSR count). The lowest BCUT2D eigenvalue weighted by molar-refractivity contribution is 0.0263. The van der Waals surface area contributed by atoms with E-state index in [0.29, 0.717) is 6.10 Å². The first-order chi connectivity index (χ1) is 13.3. The van der Waals surface area contributed by atoms with Crippen LogP contribution < -0.4 is 10.1 Å². The highest BCUT2D eigenvalue weighted by atomic mass is 16.5. The van der Waals surface area contributed by atoms with Crippen molar-refractivity contribution < 1.29 is 9.47 Å². The van der Waals surface area contributed by atoms with Crippen molar-refractivity contribution in [1.82, 2.24) is 10.2 Å². The van der Waals surface area contributed by atoms with E-state index >= 15 is 0 Å². The van der Waals surface area contributed by atoms with Gasteiger partial charge < -0.3 is 19.7 Å². The monoisotopic (exact) mass is 367 g/mol. The Morgan fingerprint density at radius 3 is 2.33 bits per heavy atom. The molecule has 144 valence electrons. The van der Waals surface area contributed by atoms with E-state index in [1.807, 2.05) is 49.5 Å². The van der Waals surface area contributed by atoms with Crippen LogP contribution in [0.1, 0.15) is 25.3 Å². The first kappa shape index (κ1) is 19.2. The maximum absolute atomic E-state index is 5.84. The number of guanidine groups is 1. The summed E-state index contributed by atoms with van der Waals surface area (Å²) < 4.78 is 11.6. The van der Waals surface area contributed by atoms with Crippen molar-refractivity contribution >= 4 is 5.96 Å². The molecule has 0 aromatic heterocycles. The van der Waals surface area contributed by atoms with Gasteiger partial charge in [0.2, 0.25) is 0 Å². The average molecular weight is 367 g/mol. The molecule has 0 unspecified atom stereocenters. The van der Waals surface area contributed by atoms with Crippen molar-refractivity contribution in [3.8, 4) is 11.5 Å². The van der Waals surface area contributed by atoms with Crippen LogP contribution in [-0.4, -0.2) is 43.7 Å². The third-order valence-corrected chi connectivity index (χ3v) is 4.71. The van der Waals surface area contributed by atoms with Gasteiger partial charge in [-0.3, -0.25) is 4.99 Å². The Balaban J connectivity index is 1.48. The summed E-state index contributed by atoms with van der Waals surface area (Å²) in [6, 6.07) is 18.0. The minimum atomic E-state index is 0.390. The van der Waals surface area contributed by atoms with Crippen LogP contribution in [0.25, 0.3) is 0 Å². The van der Waals surface area contributed by atoms with E-state index in [1.54, 1.807) is 0 Å². The van der Waals surface area contributed by atoms with E-state index in [2.05, 4.69) is 34.3 Å². The minimum Gasteiger partial charge on any atom is -0.457 e. The number of aliphatic imine (C=N–C) groups is 1. The molecule has 2 aromatic rings. The number of nitrogens with one attached hydrogen (secondary N) is 1. The van der Waals surface area contributed by atoms with Crippen molar-refractivity contribution in [2.24, 2.45) is 4.99 Å². The number of hydrogen-bond donors (Lipinski definition) is 1. The van der Waals surface area contributed by atoms with Gasteiger partial charge in [0.05, 0.1) is 6.10 Å². The topological polar surface area (TPSA) is 46.1 Å². The van der Waals surface area contributed by atoms with Gasteiger partial charge in [0.25, 0.3) is 0 Å². The highest BCUT2D eigenvalue weighted by molar-refractivity contribution is 5.80. The van der Waals surface area contributed by atoms with Gasteiger partial charge in [-0.2, -0.15) is 0 Å². The van der Waals surface area contributed by atoms with Crippen LogP contribution in [-0.2, 0) is 11.3 Å². The molecule has 1 heterocycles. The second kappa shape index (κ2) is 9.97. The third kappa shape index (κ3) is 5.73. The lowest BCUT2D eigenvalue weighted by Gasteiger charge is -2.34. The lowest BCUT2D eigenvalue weighted by atomic mass is 10.1. The normalized spacial score (nSPS) is 15.6. The molecular formula is C22H29N3O2. The molecule has 5 nitrogen and oxygen atoms in total. The Morgan fingerprint density at radius 2 is 1.70 bits per heavy atom. The zero-order chi connectivity index (χ0) is 18.9. The molecule has 0 amide bonds. The first-order valence-electron chi connectivity index (χ1n) is 9.67. The van der Waals surface area contributed by atoms with E-state index in [4.69, 9.17) is 9.47 Å². The predicted molar refractivity (Wildman–Crippen MR) is 109 cm³/mol. The SMILES string of the molecule is CCOC1CCN(C(=NC)NCc2ccc(Oc3ccccc3)cc2)CC1. The smallest absolute Gasteiger partial charge is 0.193 e. The Morgan fingerprint density at radius 1 is 1.04 bits per heavy atom. The molecule has 1 saturated heterocycles. The number of ether oxygens (including phenoxy) is 2. The largest absolute Gasteiger partial charge is 0.457 e. The molecule has 0 radical (unpaired) electrons. The molecule has 1 N–H and O–H groups in total. The fraction of sp³-hybridized carbons (Fsp3) is 0.409. The van der Waals surface area contributed by atoms with Crippen LogP contribution in [0.2, 0.25) is 0 Å². The number of hydrogen-bond acceptors (Lipinski definition) is 3. The Bertz CT molecular complexity index is 708. The lowest BCUT2D eigenvalue weighted by Crippen LogP contribution is -2.46. The highest BCUT2D eigenvalue weighted by Gasteiger charge is 2.21. The number of rotatable bonds is 6. The molecular weight excluding hydrogens is 338 g/mol. The Hall–Kier alpha value is -2.53. The fourth-order valence-electron chi connectivity index (χ4n) is 3.28. The first-order valence-corrected chi connectivity index (χ1v) is 9.67. The predicted octanol–water partition coefficient (Wildman–Crippen LogP) is 4.06. The maximum Gasteiger partial charge on any atom is 0.193 e. The van der Waals surface area contributed by atoms with Gasteiger partial charge in [-0.25, -0.2) is 0 Å². The van der Waals surface area contributed by atoms with Crippen LogP contribution in [0.5, 0.6) is 11.5 Å². The molecule has 27 heavy (non-hydrogen) atoms. The number of nitrogens with zero attached hydrogens (tertiary/aromatic N) is 2. The number of para-hydroxylation sites is 1. The molecule has 1 fully saturated rings. The van der Waals surface area contributed by atoms with Gasteiger partial charge in [0.1, 0.15) is 11.5 Å². The summed E-state index contributed by atoms with van der Waals surface area (Å²) in [5.41, 5.74) is 1.20. The third-order valence-electron chi connectivity index (χ3n) is 4.71. The van der Waals surface area contributed by atoms with Crippen molar-refractivity contribution in [1.29, 1.82) is 0 Å². The van der Waals surface area contributed by atoms with Gasteiger partial charge in [-0.15, -0.1) is 0 Å². The summed E-state index contributed by atoms with van der Waals surface area (Å²) in [6.07, 6.45) is 2.50. The molecule has 0 bridgehead atoms. The van der Waals surface area contributed by atoms with Crippen molar-refractivity contribution in [3.63, 3.8) is 0 Å². The summed E-state index contributed by atoms with van der Waals surface area (Å²) >= 11 is 0. The number of benzene rings is 2. The van der Waals surface area contributed by atoms with Gasteiger partial charge in [-0.05, 0) is 49.6 Å². The maximum atomic E-state index is 5.84. The summed E-state index contributed by atoms with van der Waals surface area (Å²) in [7, 11) is 1.84. The van der Waals surface area contributed by atoms with E-state index in [-0.39, 0.29) is 0 Å². The standard InChI is InChI=1S/C22H29N3O2/c1-3-26-19-13-15-25(16-14-19)22(23-2)24-17-18-9-11-21(12-10-18)27-20-7-5-4-6-8-20/h4-12,19H,3,13-17H2,1-2H3,(H,23,24). The summed E-state index contributed by atoms with van der Waals surface area (Å²) in [5, 5.41) is 3.47. The van der Waals surface area contributed by atoms with Gasteiger partial charge >= 0.3 is 0 Å². The van der Waals surface area contributed by atoms with Crippen LogP contribution in [0.4, 0.5) is 0 Å². The summed E-state index contributed by atoms with van der Waals surface area (Å²) in [4.78, 5) is 6.75. The van der Waals surface area contributed by atoms with Gasteiger partial charge in [0.15, 0.2) is 5.96 Å². The molecule has 0 atom stereocenters. The molecule has 0 saturated carbocycles. The van der Waals surface area contributed by atoms with Crippen LogP contribution in [0.3, 0.4) is 0 Å². The summed E-state index contributed by atoms with van der Waals surface area (Å²) in [6.45, 7) is 5.55. The van der Waals surface area contributed by atoms with Crippen LogP contribution >= 0.6 is 0 Å². The van der Waals surface area contributed by atoms with Gasteiger partial charge in [-0.1, -0.05) is 30.3 Å². The Labute approximate surface area is 162 Å². The molecule has 1 aliphatic rings. The zero-order valence-corrected chi connectivity index (χ0v) is 16.2. The number of likely N-dealkylation sites (tertiary alicyclic amines) is 1. The van der Waals surface area contributed by atoms with E-state index in [0.717, 1.165) is 56.5 Å². The fourth-order valence-corrected chi connectivity index (χ4v) is 3.28. The number of piperidine rings is 1. The van der Waals surface area contributed by atoms with E-state index < -0.39 is 0 Å². The van der Waals surface area contributed by atoms with E-state index in [1.165, 1.54) is 5.56 Å². The van der Waals surface area contributed by atoms with Crippen LogP contribution in [0.15, 0.2) is 59.6 Å². The highest BCUT2D eigenvalue weighted by Crippen LogP contribution is 2.21. The molecule has 0 spiro atoms. The van der Waals surface area contributed by atoms with Gasteiger partial charge in [0, 0.05) is 33.3 Å².